The quantitative estimate of drug-likeness (QED) is 0.463. The molecule has 0 aromatic rings. The molecule has 66 valence electrons. The summed E-state index contributed by atoms with van der Waals surface area (Å²) in [6.07, 6.45) is 8.84. The van der Waals surface area contributed by atoms with Crippen molar-refractivity contribution in [3.8, 4) is 0 Å². The molecule has 1 heteroatoms. The van der Waals surface area contributed by atoms with Crippen molar-refractivity contribution in [2.24, 2.45) is 5.92 Å². The van der Waals surface area contributed by atoms with Gasteiger partial charge in [-0.2, -0.15) is 0 Å². The summed E-state index contributed by atoms with van der Waals surface area (Å²) >= 11 is 0. The van der Waals surface area contributed by atoms with Crippen LogP contribution in [0.3, 0.4) is 0 Å². The lowest BCUT2D eigenvalue weighted by atomic mass is 10.0. The zero-order chi connectivity index (χ0) is 8.53. The van der Waals surface area contributed by atoms with E-state index in [4.69, 9.17) is 5.11 Å². The molecule has 0 aromatic heterocycles. The lowest BCUT2D eigenvalue weighted by Crippen LogP contribution is -1.90. The van der Waals surface area contributed by atoms with Crippen molar-refractivity contribution in [1.29, 1.82) is 0 Å². The Hall–Kier alpha value is -0.300. The summed E-state index contributed by atoms with van der Waals surface area (Å²) in [5.74, 6) is 0.744. The maximum Gasteiger partial charge on any atom is 0.0433 e. The predicted octanol–water partition coefficient (Wildman–Crippen LogP) is 2.75. The lowest BCUT2D eigenvalue weighted by molar-refractivity contribution is 0.289. The Balaban J connectivity index is 3.36. The fraction of sp³-hybridized carbons (Fsp3) is 0.800. The van der Waals surface area contributed by atoms with Gasteiger partial charge in [0.2, 0.25) is 0 Å². The third-order valence-corrected chi connectivity index (χ3v) is 1.99. The second kappa shape index (κ2) is 7.80. The first-order valence-electron chi connectivity index (χ1n) is 4.62. The summed E-state index contributed by atoms with van der Waals surface area (Å²) in [6, 6.07) is 0. The Labute approximate surface area is 70.1 Å². The highest BCUT2D eigenvalue weighted by molar-refractivity contribution is 4.86. The topological polar surface area (TPSA) is 20.2 Å². The van der Waals surface area contributed by atoms with Gasteiger partial charge in [-0.05, 0) is 31.6 Å². The van der Waals surface area contributed by atoms with Crippen molar-refractivity contribution in [2.75, 3.05) is 6.61 Å². The van der Waals surface area contributed by atoms with Crippen LogP contribution in [-0.2, 0) is 0 Å². The van der Waals surface area contributed by atoms with Gasteiger partial charge in [0.25, 0.3) is 0 Å². The molecule has 0 atom stereocenters. The number of hydrogen-bond acceptors (Lipinski definition) is 1. The minimum absolute atomic E-state index is 0.313. The number of allylic oxidation sites excluding steroid dienone is 2. The van der Waals surface area contributed by atoms with Crippen LogP contribution in [0.25, 0.3) is 0 Å². The number of aliphatic hydroxyl groups excluding tert-OH is 1. The molecule has 1 N–H and O–H groups in total. The van der Waals surface area contributed by atoms with E-state index in [2.05, 4.69) is 26.0 Å². The predicted molar refractivity (Wildman–Crippen MR) is 49.5 cm³/mol. The molecule has 11 heavy (non-hydrogen) atoms. The van der Waals surface area contributed by atoms with Gasteiger partial charge in [-0.25, -0.2) is 0 Å². The van der Waals surface area contributed by atoms with E-state index in [1.807, 2.05) is 0 Å². The smallest absolute Gasteiger partial charge is 0.0433 e. The molecule has 0 fully saturated rings. The van der Waals surface area contributed by atoms with Gasteiger partial charge in [0.05, 0.1) is 0 Å². The van der Waals surface area contributed by atoms with Crippen LogP contribution < -0.4 is 0 Å². The Morgan fingerprint density at radius 1 is 1.27 bits per heavy atom. The fourth-order valence-electron chi connectivity index (χ4n) is 1.06. The van der Waals surface area contributed by atoms with Gasteiger partial charge < -0.3 is 5.11 Å². The van der Waals surface area contributed by atoms with E-state index in [1.54, 1.807) is 0 Å². The van der Waals surface area contributed by atoms with Crippen LogP contribution in [0.1, 0.15) is 39.5 Å². The highest BCUT2D eigenvalue weighted by Gasteiger charge is 1.95. The van der Waals surface area contributed by atoms with E-state index in [1.165, 1.54) is 12.8 Å². The zero-order valence-corrected chi connectivity index (χ0v) is 7.71. The minimum Gasteiger partial charge on any atom is -0.396 e. The first-order chi connectivity index (χ1) is 5.35. The van der Waals surface area contributed by atoms with Gasteiger partial charge in [0.1, 0.15) is 0 Å². The first kappa shape index (κ1) is 10.7. The van der Waals surface area contributed by atoms with E-state index >= 15 is 0 Å². The largest absolute Gasteiger partial charge is 0.396 e. The second-order valence-corrected chi connectivity index (χ2v) is 2.87. The van der Waals surface area contributed by atoms with Crippen molar-refractivity contribution in [3.05, 3.63) is 12.2 Å². The molecule has 0 spiro atoms. The van der Waals surface area contributed by atoms with Gasteiger partial charge >= 0.3 is 0 Å². The molecule has 0 rings (SSSR count). The van der Waals surface area contributed by atoms with E-state index in [0.29, 0.717) is 6.61 Å². The van der Waals surface area contributed by atoms with Crippen LogP contribution in [0, 0.1) is 5.92 Å². The van der Waals surface area contributed by atoms with Gasteiger partial charge in [0, 0.05) is 6.61 Å². The molecule has 0 saturated carbocycles. The summed E-state index contributed by atoms with van der Waals surface area (Å²) in [6.45, 7) is 4.74. The molecule has 0 saturated heterocycles. The molecule has 0 aliphatic carbocycles. The zero-order valence-electron chi connectivity index (χ0n) is 7.71. The Bertz CT molecular complexity index is 93.0. The number of aliphatic hydroxyl groups is 1. The van der Waals surface area contributed by atoms with Crippen LogP contribution in [0.15, 0.2) is 12.2 Å². The molecular formula is C10H20O. The fourth-order valence-corrected chi connectivity index (χ4v) is 1.06. The lowest BCUT2D eigenvalue weighted by Gasteiger charge is -2.04. The summed E-state index contributed by atoms with van der Waals surface area (Å²) in [7, 11) is 0. The Morgan fingerprint density at radius 3 is 2.36 bits per heavy atom. The summed E-state index contributed by atoms with van der Waals surface area (Å²) in [5.41, 5.74) is 0. The average molecular weight is 156 g/mol. The van der Waals surface area contributed by atoms with E-state index in [9.17, 15) is 0 Å². The van der Waals surface area contributed by atoms with Gasteiger partial charge in [0.15, 0.2) is 0 Å². The van der Waals surface area contributed by atoms with Crippen molar-refractivity contribution in [3.63, 3.8) is 0 Å². The molecule has 0 bridgehead atoms. The standard InChI is InChI=1S/C10H20O/c1-3-10(4-2)8-6-5-7-9-11/h6,8,10-11H,3-5,7,9H2,1-2H3/b8-6+. The number of unbranched alkanes of at least 4 members (excludes halogenated alkanes) is 1. The van der Waals surface area contributed by atoms with Crippen LogP contribution in [0.2, 0.25) is 0 Å². The van der Waals surface area contributed by atoms with Crippen molar-refractivity contribution < 1.29 is 5.11 Å². The van der Waals surface area contributed by atoms with Crippen LogP contribution in [0.5, 0.6) is 0 Å². The molecule has 0 heterocycles. The SMILES string of the molecule is CCC(/C=C/CCCO)CC. The van der Waals surface area contributed by atoms with Crippen LogP contribution in [-0.4, -0.2) is 11.7 Å². The number of rotatable bonds is 6. The maximum atomic E-state index is 8.51. The molecule has 0 radical (unpaired) electrons. The number of hydrogen-bond donors (Lipinski definition) is 1. The van der Waals surface area contributed by atoms with E-state index in [-0.39, 0.29) is 0 Å². The Kier molecular flexibility index (Phi) is 7.59. The molecule has 0 aliphatic rings. The summed E-state index contributed by atoms with van der Waals surface area (Å²) in [4.78, 5) is 0. The van der Waals surface area contributed by atoms with Crippen molar-refractivity contribution in [1.82, 2.24) is 0 Å². The Morgan fingerprint density at radius 2 is 1.91 bits per heavy atom. The third-order valence-electron chi connectivity index (χ3n) is 1.99. The van der Waals surface area contributed by atoms with Gasteiger partial charge in [-0.1, -0.05) is 26.0 Å². The van der Waals surface area contributed by atoms with Crippen LogP contribution >= 0.6 is 0 Å². The van der Waals surface area contributed by atoms with Crippen molar-refractivity contribution >= 4 is 0 Å². The van der Waals surface area contributed by atoms with Gasteiger partial charge in [-0.3, -0.25) is 0 Å². The van der Waals surface area contributed by atoms with E-state index in [0.717, 1.165) is 18.8 Å². The molecule has 0 aromatic carbocycles. The molecule has 0 unspecified atom stereocenters. The summed E-state index contributed by atoms with van der Waals surface area (Å²) < 4.78 is 0. The second-order valence-electron chi connectivity index (χ2n) is 2.87. The van der Waals surface area contributed by atoms with Crippen molar-refractivity contribution in [2.45, 2.75) is 39.5 Å². The third kappa shape index (κ3) is 6.11. The monoisotopic (exact) mass is 156 g/mol. The minimum atomic E-state index is 0.313. The first-order valence-corrected chi connectivity index (χ1v) is 4.62. The normalized spacial score (nSPS) is 11.6. The maximum absolute atomic E-state index is 8.51. The molecule has 0 amide bonds. The summed E-state index contributed by atoms with van der Waals surface area (Å²) in [5, 5.41) is 8.51. The average Bonchev–Trinajstić information content (AvgIpc) is 2.05. The van der Waals surface area contributed by atoms with E-state index < -0.39 is 0 Å². The molecular weight excluding hydrogens is 136 g/mol. The van der Waals surface area contributed by atoms with Crippen LogP contribution in [0.4, 0.5) is 0 Å². The highest BCUT2D eigenvalue weighted by Crippen LogP contribution is 2.09. The highest BCUT2D eigenvalue weighted by atomic mass is 16.2. The molecule has 1 nitrogen and oxygen atoms in total. The van der Waals surface area contributed by atoms with Gasteiger partial charge in [-0.15, -0.1) is 0 Å². The molecule has 0 aliphatic heterocycles.